The number of nitrogens with one attached hydrogen (secondary N) is 1. The zero-order chi connectivity index (χ0) is 17.6. The molecule has 0 aliphatic heterocycles. The normalized spacial score (nSPS) is 10.8. The number of hydrogen-bond donors (Lipinski definition) is 1. The van der Waals surface area contributed by atoms with Crippen LogP contribution in [0.15, 0.2) is 40.9 Å². The van der Waals surface area contributed by atoms with Crippen LogP contribution in [-0.4, -0.2) is 35.3 Å². The van der Waals surface area contributed by atoms with Gasteiger partial charge in [-0.2, -0.15) is 0 Å². The van der Waals surface area contributed by atoms with E-state index in [1.807, 2.05) is 31.2 Å². The Morgan fingerprint density at radius 3 is 2.76 bits per heavy atom. The number of hydrogen-bond acceptors (Lipinski definition) is 6. The Bertz CT molecular complexity index is 873. The van der Waals surface area contributed by atoms with Gasteiger partial charge < -0.3 is 14.8 Å². The van der Waals surface area contributed by atoms with Crippen molar-refractivity contribution in [2.75, 3.05) is 25.6 Å². The average molecular weight is 403 g/mol. The number of halogens is 1. The molecule has 3 rings (SSSR count). The summed E-state index contributed by atoms with van der Waals surface area (Å²) in [4.78, 5) is 13.5. The molecule has 1 aromatic carbocycles. The third-order valence-electron chi connectivity index (χ3n) is 3.51. The lowest BCUT2D eigenvalue weighted by Crippen LogP contribution is -2.07. The number of benzene rings is 1. The second-order valence-corrected chi connectivity index (χ2v) is 6.38. The first-order valence-electron chi connectivity index (χ1n) is 7.91. The Morgan fingerprint density at radius 1 is 1.08 bits per heavy atom. The van der Waals surface area contributed by atoms with Crippen molar-refractivity contribution in [3.8, 4) is 5.88 Å². The van der Waals surface area contributed by atoms with Crippen LogP contribution in [0.4, 0.5) is 5.82 Å². The number of pyridine rings is 1. The van der Waals surface area contributed by atoms with Gasteiger partial charge in [-0.3, -0.25) is 0 Å². The van der Waals surface area contributed by atoms with E-state index < -0.39 is 0 Å². The van der Waals surface area contributed by atoms with Gasteiger partial charge in [-0.1, -0.05) is 28.1 Å². The molecule has 0 saturated carbocycles. The molecule has 7 heteroatoms. The van der Waals surface area contributed by atoms with Gasteiger partial charge in [-0.25, -0.2) is 15.0 Å². The van der Waals surface area contributed by atoms with Crippen molar-refractivity contribution in [3.63, 3.8) is 0 Å². The van der Waals surface area contributed by atoms with E-state index in [0.29, 0.717) is 42.8 Å². The molecule has 0 fully saturated rings. The highest BCUT2D eigenvalue weighted by Crippen LogP contribution is 2.22. The molecule has 25 heavy (non-hydrogen) atoms. The number of nitrogens with zero attached hydrogens (tertiary/aromatic N) is 3. The SMILES string of the molecule is COCCOc1ccc2nc(C)nc(NCc3cccc(Br)c3)c2n1. The number of ether oxygens (including phenoxy) is 2. The van der Waals surface area contributed by atoms with E-state index in [0.717, 1.165) is 15.6 Å². The predicted octanol–water partition coefficient (Wildman–Crippen LogP) is 3.73. The summed E-state index contributed by atoms with van der Waals surface area (Å²) in [6.07, 6.45) is 0. The Hall–Kier alpha value is -2.25. The third-order valence-corrected chi connectivity index (χ3v) is 4.01. The molecular weight excluding hydrogens is 384 g/mol. The molecular formula is C18H19BrN4O2. The standard InChI is InChI=1S/C18H19BrN4O2/c1-12-21-15-6-7-16(25-9-8-24-2)23-17(15)18(22-12)20-11-13-4-3-5-14(19)10-13/h3-7,10H,8-9,11H2,1-2H3,(H,20,21,22). The molecule has 0 unspecified atom stereocenters. The van der Waals surface area contributed by atoms with E-state index in [1.165, 1.54) is 0 Å². The second-order valence-electron chi connectivity index (χ2n) is 5.46. The quantitative estimate of drug-likeness (QED) is 0.607. The summed E-state index contributed by atoms with van der Waals surface area (Å²) in [7, 11) is 1.64. The largest absolute Gasteiger partial charge is 0.475 e. The maximum absolute atomic E-state index is 5.59. The molecule has 0 spiro atoms. The molecule has 2 heterocycles. The minimum atomic E-state index is 0.447. The Balaban J connectivity index is 1.85. The fourth-order valence-electron chi connectivity index (χ4n) is 2.38. The Kier molecular flexibility index (Phi) is 5.78. The lowest BCUT2D eigenvalue weighted by molar-refractivity contribution is 0.144. The number of aryl methyl sites for hydroxylation is 1. The summed E-state index contributed by atoms with van der Waals surface area (Å²) >= 11 is 3.49. The van der Waals surface area contributed by atoms with Crippen LogP contribution in [0.5, 0.6) is 5.88 Å². The van der Waals surface area contributed by atoms with Crippen molar-refractivity contribution in [3.05, 3.63) is 52.3 Å². The summed E-state index contributed by atoms with van der Waals surface area (Å²) in [6, 6.07) is 11.8. The topological polar surface area (TPSA) is 69.2 Å². The molecule has 0 amide bonds. The van der Waals surface area contributed by atoms with Gasteiger partial charge in [0.2, 0.25) is 5.88 Å². The van der Waals surface area contributed by atoms with E-state index in [1.54, 1.807) is 7.11 Å². The molecule has 130 valence electrons. The molecule has 3 aromatic rings. The molecule has 2 aromatic heterocycles. The smallest absolute Gasteiger partial charge is 0.214 e. The van der Waals surface area contributed by atoms with Crippen LogP contribution in [0.2, 0.25) is 0 Å². The van der Waals surface area contributed by atoms with Gasteiger partial charge in [-0.05, 0) is 30.7 Å². The van der Waals surface area contributed by atoms with Gasteiger partial charge in [0.1, 0.15) is 17.9 Å². The van der Waals surface area contributed by atoms with Crippen LogP contribution in [0.1, 0.15) is 11.4 Å². The Labute approximate surface area is 154 Å². The van der Waals surface area contributed by atoms with Crippen LogP contribution < -0.4 is 10.1 Å². The molecule has 1 N–H and O–H groups in total. The monoisotopic (exact) mass is 402 g/mol. The fraction of sp³-hybridized carbons (Fsp3) is 0.278. The highest BCUT2D eigenvalue weighted by atomic mass is 79.9. The zero-order valence-corrected chi connectivity index (χ0v) is 15.7. The van der Waals surface area contributed by atoms with Gasteiger partial charge in [0, 0.05) is 24.2 Å². The van der Waals surface area contributed by atoms with E-state index >= 15 is 0 Å². The van der Waals surface area contributed by atoms with Crippen LogP contribution in [0.25, 0.3) is 11.0 Å². The van der Waals surface area contributed by atoms with E-state index in [9.17, 15) is 0 Å². The van der Waals surface area contributed by atoms with Crippen LogP contribution in [0.3, 0.4) is 0 Å². The summed E-state index contributed by atoms with van der Waals surface area (Å²) in [5.74, 6) is 1.92. The van der Waals surface area contributed by atoms with Gasteiger partial charge >= 0.3 is 0 Å². The number of anilines is 1. The van der Waals surface area contributed by atoms with E-state index in [2.05, 4.69) is 48.3 Å². The average Bonchev–Trinajstić information content (AvgIpc) is 2.60. The number of fused-ring (bicyclic) bond motifs is 1. The molecule has 0 radical (unpaired) electrons. The third kappa shape index (κ3) is 4.64. The van der Waals surface area contributed by atoms with Crippen LogP contribution >= 0.6 is 15.9 Å². The Morgan fingerprint density at radius 2 is 1.96 bits per heavy atom. The number of rotatable bonds is 7. The van der Waals surface area contributed by atoms with Gasteiger partial charge in [0.15, 0.2) is 5.82 Å². The van der Waals surface area contributed by atoms with Crippen molar-refractivity contribution in [1.29, 1.82) is 0 Å². The highest BCUT2D eigenvalue weighted by molar-refractivity contribution is 9.10. The zero-order valence-electron chi connectivity index (χ0n) is 14.1. The summed E-state index contributed by atoms with van der Waals surface area (Å²) in [5, 5.41) is 3.35. The lowest BCUT2D eigenvalue weighted by Gasteiger charge is -2.11. The molecule has 0 saturated heterocycles. The van der Waals surface area contributed by atoms with Gasteiger partial charge in [0.25, 0.3) is 0 Å². The predicted molar refractivity (Wildman–Crippen MR) is 101 cm³/mol. The minimum absolute atomic E-state index is 0.447. The minimum Gasteiger partial charge on any atom is -0.475 e. The molecule has 0 atom stereocenters. The van der Waals surface area contributed by atoms with Crippen molar-refractivity contribution < 1.29 is 9.47 Å². The summed E-state index contributed by atoms with van der Waals surface area (Å²) in [5.41, 5.74) is 2.62. The van der Waals surface area contributed by atoms with Gasteiger partial charge in [-0.15, -0.1) is 0 Å². The van der Waals surface area contributed by atoms with Crippen molar-refractivity contribution in [1.82, 2.24) is 15.0 Å². The van der Waals surface area contributed by atoms with E-state index in [4.69, 9.17) is 9.47 Å². The van der Waals surface area contributed by atoms with Crippen molar-refractivity contribution >= 4 is 32.8 Å². The molecule has 0 aliphatic rings. The number of aromatic nitrogens is 3. The fourth-order valence-corrected chi connectivity index (χ4v) is 2.83. The lowest BCUT2D eigenvalue weighted by atomic mass is 10.2. The first kappa shape index (κ1) is 17.6. The summed E-state index contributed by atoms with van der Waals surface area (Å²) in [6.45, 7) is 3.47. The van der Waals surface area contributed by atoms with Crippen LogP contribution in [-0.2, 0) is 11.3 Å². The maximum Gasteiger partial charge on any atom is 0.214 e. The second kappa shape index (κ2) is 8.22. The first-order chi connectivity index (χ1) is 12.2. The first-order valence-corrected chi connectivity index (χ1v) is 8.70. The maximum atomic E-state index is 5.59. The molecule has 0 aliphatic carbocycles. The summed E-state index contributed by atoms with van der Waals surface area (Å²) < 4.78 is 11.6. The molecule has 0 bridgehead atoms. The van der Waals surface area contributed by atoms with Crippen molar-refractivity contribution in [2.24, 2.45) is 0 Å². The van der Waals surface area contributed by atoms with E-state index in [-0.39, 0.29) is 0 Å². The molecule has 6 nitrogen and oxygen atoms in total. The van der Waals surface area contributed by atoms with Crippen LogP contribution in [0, 0.1) is 6.92 Å². The highest BCUT2D eigenvalue weighted by Gasteiger charge is 2.09. The van der Waals surface area contributed by atoms with Crippen molar-refractivity contribution in [2.45, 2.75) is 13.5 Å². The number of methoxy groups -OCH3 is 1. The van der Waals surface area contributed by atoms with Gasteiger partial charge in [0.05, 0.1) is 12.1 Å².